The molecule has 0 aliphatic carbocycles. The van der Waals surface area contributed by atoms with Gasteiger partial charge in [-0.25, -0.2) is 4.98 Å². The van der Waals surface area contributed by atoms with E-state index in [1.165, 1.54) is 0 Å². The summed E-state index contributed by atoms with van der Waals surface area (Å²) < 4.78 is 0. The van der Waals surface area contributed by atoms with Crippen molar-refractivity contribution in [3.05, 3.63) is 22.9 Å². The highest BCUT2D eigenvalue weighted by molar-refractivity contribution is 7.80. The molecule has 1 aromatic heterocycles. The maximum Gasteiger partial charge on any atom is 0.137 e. The van der Waals surface area contributed by atoms with E-state index < -0.39 is 0 Å². The zero-order valence-corrected chi connectivity index (χ0v) is 12.7. The number of nitrogens with one attached hydrogen (secondary N) is 1. The van der Waals surface area contributed by atoms with Gasteiger partial charge >= 0.3 is 0 Å². The van der Waals surface area contributed by atoms with Gasteiger partial charge in [-0.05, 0) is 45.2 Å². The number of aromatic nitrogens is 1. The highest BCUT2D eigenvalue weighted by Gasteiger charge is 2.22. The maximum atomic E-state index is 5.82. The number of thiocarbonyl (C=S) groups is 1. The maximum absolute atomic E-state index is 5.82. The molecule has 0 spiro atoms. The lowest BCUT2D eigenvalue weighted by Gasteiger charge is -2.30. The molecule has 0 amide bonds. The summed E-state index contributed by atoms with van der Waals surface area (Å²) in [5.41, 5.74) is 8.76. The molecule has 1 rings (SSSR count). The molecule has 0 radical (unpaired) electrons. The first-order chi connectivity index (χ1) is 8.33. The highest BCUT2D eigenvalue weighted by atomic mass is 32.1. The molecule has 0 bridgehead atoms. The topological polar surface area (TPSA) is 50.9 Å². The molecule has 1 heterocycles. The normalized spacial score (nSPS) is 11.4. The zero-order valence-electron chi connectivity index (χ0n) is 11.9. The fraction of sp³-hybridized carbons (Fsp3) is 0.571. The molecule has 18 heavy (non-hydrogen) atoms. The van der Waals surface area contributed by atoms with Crippen LogP contribution in [-0.2, 0) is 0 Å². The largest absolute Gasteiger partial charge is 0.389 e. The molecule has 0 saturated heterocycles. The number of aryl methyl sites for hydroxylation is 2. The number of nitrogens with zero attached hydrogens (tertiary/aromatic N) is 1. The van der Waals surface area contributed by atoms with Crippen LogP contribution in [0.5, 0.6) is 0 Å². The first-order valence-corrected chi connectivity index (χ1v) is 6.80. The Hall–Kier alpha value is -1.16. The Labute approximate surface area is 115 Å². The summed E-state index contributed by atoms with van der Waals surface area (Å²) in [7, 11) is 0. The molecule has 0 unspecified atom stereocenters. The summed E-state index contributed by atoms with van der Waals surface area (Å²) >= 11 is 5.14. The number of rotatable bonds is 5. The minimum atomic E-state index is 0.0206. The van der Waals surface area contributed by atoms with Crippen molar-refractivity contribution in [2.45, 2.75) is 53.0 Å². The van der Waals surface area contributed by atoms with Crippen LogP contribution in [0.25, 0.3) is 0 Å². The molecule has 0 atom stereocenters. The van der Waals surface area contributed by atoms with Crippen molar-refractivity contribution in [3.8, 4) is 0 Å². The first-order valence-electron chi connectivity index (χ1n) is 6.39. The van der Waals surface area contributed by atoms with Crippen LogP contribution in [-0.4, -0.2) is 15.5 Å². The first kappa shape index (κ1) is 14.9. The Balaban J connectivity index is 3.27. The third kappa shape index (κ3) is 3.19. The second-order valence-corrected chi connectivity index (χ2v) is 5.50. The predicted octanol–water partition coefficient (Wildman–Crippen LogP) is 3.32. The SMILES string of the molecule is CCC(C)(CC)Nc1nc(C)cc(C)c1C(N)=S. The average Bonchev–Trinajstić information content (AvgIpc) is 2.27. The van der Waals surface area contributed by atoms with Gasteiger partial charge in [0.1, 0.15) is 10.8 Å². The van der Waals surface area contributed by atoms with E-state index in [-0.39, 0.29) is 5.54 Å². The van der Waals surface area contributed by atoms with Crippen LogP contribution in [0.3, 0.4) is 0 Å². The van der Waals surface area contributed by atoms with Crippen LogP contribution in [0.2, 0.25) is 0 Å². The Kier molecular flexibility index (Phi) is 4.68. The standard InChI is InChI=1S/C14H23N3S/c1-6-14(5,7-2)17-13-11(12(15)18)9(3)8-10(4)16-13/h8H,6-7H2,1-5H3,(H2,15,18)(H,16,17). The van der Waals surface area contributed by atoms with Gasteiger partial charge in [0.05, 0.1) is 5.56 Å². The number of nitrogens with two attached hydrogens (primary N) is 1. The lowest BCUT2D eigenvalue weighted by molar-refractivity contribution is 0.476. The molecule has 0 aliphatic heterocycles. The van der Waals surface area contributed by atoms with Crippen LogP contribution in [0, 0.1) is 13.8 Å². The summed E-state index contributed by atoms with van der Waals surface area (Å²) in [5.74, 6) is 0.811. The lowest BCUT2D eigenvalue weighted by Crippen LogP contribution is -2.34. The zero-order chi connectivity index (χ0) is 13.9. The second kappa shape index (κ2) is 5.65. The molecule has 0 fully saturated rings. The van der Waals surface area contributed by atoms with Gasteiger partial charge in [0.2, 0.25) is 0 Å². The second-order valence-electron chi connectivity index (χ2n) is 5.06. The van der Waals surface area contributed by atoms with Crippen molar-refractivity contribution in [3.63, 3.8) is 0 Å². The minimum absolute atomic E-state index is 0.0206. The minimum Gasteiger partial charge on any atom is -0.389 e. The van der Waals surface area contributed by atoms with Gasteiger partial charge in [-0.2, -0.15) is 0 Å². The molecule has 100 valence electrons. The number of pyridine rings is 1. The Morgan fingerprint density at radius 1 is 1.39 bits per heavy atom. The molecule has 0 aliphatic rings. The predicted molar refractivity (Wildman–Crippen MR) is 82.2 cm³/mol. The Morgan fingerprint density at radius 2 is 1.94 bits per heavy atom. The van der Waals surface area contributed by atoms with Crippen molar-refractivity contribution in [2.75, 3.05) is 5.32 Å². The summed E-state index contributed by atoms with van der Waals surface area (Å²) in [5, 5.41) is 3.51. The van der Waals surface area contributed by atoms with Crippen molar-refractivity contribution in [2.24, 2.45) is 5.73 Å². The van der Waals surface area contributed by atoms with Crippen LogP contribution >= 0.6 is 12.2 Å². The average molecular weight is 265 g/mol. The third-order valence-electron chi connectivity index (χ3n) is 3.57. The monoisotopic (exact) mass is 265 g/mol. The summed E-state index contributed by atoms with van der Waals surface area (Å²) in [6.45, 7) is 10.5. The van der Waals surface area contributed by atoms with Crippen LogP contribution in [0.1, 0.15) is 50.4 Å². The van der Waals surface area contributed by atoms with E-state index in [4.69, 9.17) is 18.0 Å². The van der Waals surface area contributed by atoms with E-state index >= 15 is 0 Å². The summed E-state index contributed by atoms with van der Waals surface area (Å²) in [6, 6.07) is 2.01. The van der Waals surface area contributed by atoms with E-state index in [0.717, 1.165) is 35.5 Å². The quantitative estimate of drug-likeness (QED) is 0.802. The highest BCUT2D eigenvalue weighted by Crippen LogP contribution is 2.25. The van der Waals surface area contributed by atoms with Gasteiger partial charge in [0.15, 0.2) is 0 Å². The van der Waals surface area contributed by atoms with Gasteiger partial charge in [-0.3, -0.25) is 0 Å². The van der Waals surface area contributed by atoms with E-state index in [9.17, 15) is 0 Å². The molecular formula is C14H23N3S. The van der Waals surface area contributed by atoms with Crippen LogP contribution < -0.4 is 11.1 Å². The van der Waals surface area contributed by atoms with Gasteiger partial charge < -0.3 is 11.1 Å². The van der Waals surface area contributed by atoms with Crippen LogP contribution in [0.4, 0.5) is 5.82 Å². The van der Waals surface area contributed by atoms with E-state index in [1.807, 2.05) is 19.9 Å². The lowest BCUT2D eigenvalue weighted by atomic mass is 9.95. The van der Waals surface area contributed by atoms with E-state index in [2.05, 4.69) is 31.1 Å². The molecule has 3 nitrogen and oxygen atoms in total. The fourth-order valence-corrected chi connectivity index (χ4v) is 2.21. The number of anilines is 1. The van der Waals surface area contributed by atoms with Crippen molar-refractivity contribution in [1.29, 1.82) is 0 Å². The third-order valence-corrected chi connectivity index (χ3v) is 3.78. The summed E-state index contributed by atoms with van der Waals surface area (Å²) in [4.78, 5) is 4.96. The fourth-order valence-electron chi connectivity index (χ4n) is 1.95. The molecule has 0 saturated carbocycles. The molecule has 1 aromatic rings. The van der Waals surface area contributed by atoms with E-state index in [1.54, 1.807) is 0 Å². The van der Waals surface area contributed by atoms with Crippen molar-refractivity contribution < 1.29 is 0 Å². The molecule has 4 heteroatoms. The van der Waals surface area contributed by atoms with E-state index in [0.29, 0.717) is 4.99 Å². The van der Waals surface area contributed by atoms with Gasteiger partial charge in [-0.1, -0.05) is 26.1 Å². The van der Waals surface area contributed by atoms with Crippen LogP contribution in [0.15, 0.2) is 6.07 Å². The van der Waals surface area contributed by atoms with Crippen molar-refractivity contribution >= 4 is 23.0 Å². The molecular weight excluding hydrogens is 242 g/mol. The number of hydrogen-bond acceptors (Lipinski definition) is 3. The Morgan fingerprint density at radius 3 is 2.39 bits per heavy atom. The van der Waals surface area contributed by atoms with Gasteiger partial charge in [0.25, 0.3) is 0 Å². The molecule has 3 N–H and O–H groups in total. The number of hydrogen-bond donors (Lipinski definition) is 2. The smallest absolute Gasteiger partial charge is 0.137 e. The van der Waals surface area contributed by atoms with Gasteiger partial charge in [-0.15, -0.1) is 0 Å². The van der Waals surface area contributed by atoms with Gasteiger partial charge in [0, 0.05) is 11.2 Å². The van der Waals surface area contributed by atoms with Crippen molar-refractivity contribution in [1.82, 2.24) is 4.98 Å². The Bertz CT molecular complexity index is 451. The molecule has 0 aromatic carbocycles. The summed E-state index contributed by atoms with van der Waals surface area (Å²) in [6.07, 6.45) is 2.05.